The molecule has 1 aliphatic heterocycles. The lowest BCUT2D eigenvalue weighted by molar-refractivity contribution is 0.111. The van der Waals surface area contributed by atoms with Crippen LogP contribution in [0.25, 0.3) is 0 Å². The minimum Gasteiger partial charge on any atom is -0.449 e. The lowest BCUT2D eigenvalue weighted by Gasteiger charge is -2.35. The summed E-state index contributed by atoms with van der Waals surface area (Å²) in [5.41, 5.74) is 9.41. The molecule has 2 aromatic rings. The van der Waals surface area contributed by atoms with Crippen molar-refractivity contribution in [3.63, 3.8) is 0 Å². The van der Waals surface area contributed by atoms with Crippen molar-refractivity contribution >= 4 is 11.7 Å². The summed E-state index contributed by atoms with van der Waals surface area (Å²) in [4.78, 5) is 4.28. The maximum absolute atomic E-state index is 5.87. The number of aliphatic imine (C=N–C) groups is 1. The largest absolute Gasteiger partial charge is 0.449 e. The van der Waals surface area contributed by atoms with Crippen molar-refractivity contribution in [1.82, 2.24) is 0 Å². The predicted molar refractivity (Wildman–Crippen MR) is 76.4 cm³/mol. The van der Waals surface area contributed by atoms with Crippen LogP contribution >= 0.6 is 0 Å². The molecule has 0 bridgehead atoms. The summed E-state index contributed by atoms with van der Waals surface area (Å²) < 4.78 is 5.87. The second-order valence-electron chi connectivity index (χ2n) is 4.97. The number of nitrogens with two attached hydrogens (primary N) is 1. The topological polar surface area (TPSA) is 47.6 Å². The van der Waals surface area contributed by atoms with Gasteiger partial charge in [-0.3, -0.25) is 0 Å². The molecule has 0 saturated heterocycles. The van der Waals surface area contributed by atoms with E-state index in [0.717, 1.165) is 16.8 Å². The van der Waals surface area contributed by atoms with E-state index in [1.807, 2.05) is 49.4 Å². The van der Waals surface area contributed by atoms with E-state index < -0.39 is 5.60 Å². The maximum atomic E-state index is 5.87. The summed E-state index contributed by atoms with van der Waals surface area (Å²) in [6.45, 7) is 4.09. The number of nitrogens with zero attached hydrogens (tertiary/aromatic N) is 1. The quantitative estimate of drug-likeness (QED) is 0.847. The molecule has 0 fully saturated rings. The normalized spacial score (nSPS) is 21.3. The number of rotatable bonds is 1. The van der Waals surface area contributed by atoms with Gasteiger partial charge in [0.25, 0.3) is 6.02 Å². The van der Waals surface area contributed by atoms with Gasteiger partial charge in [0.15, 0.2) is 5.60 Å². The number of fused-ring (bicyclic) bond motifs is 1. The van der Waals surface area contributed by atoms with Crippen LogP contribution in [-0.2, 0) is 10.3 Å². The Morgan fingerprint density at radius 3 is 2.58 bits per heavy atom. The van der Waals surface area contributed by atoms with Gasteiger partial charge in [0.05, 0.1) is 5.69 Å². The second kappa shape index (κ2) is 4.12. The lowest BCUT2D eigenvalue weighted by Crippen LogP contribution is -2.36. The van der Waals surface area contributed by atoms with Gasteiger partial charge in [0.1, 0.15) is 0 Å². The Balaban J connectivity index is 2.24. The molecular weight excluding hydrogens is 236 g/mol. The fourth-order valence-electron chi connectivity index (χ4n) is 2.51. The Bertz CT molecular complexity index is 649. The highest BCUT2D eigenvalue weighted by molar-refractivity contribution is 5.80. The van der Waals surface area contributed by atoms with Gasteiger partial charge in [-0.1, -0.05) is 42.0 Å². The first-order valence-corrected chi connectivity index (χ1v) is 6.29. The predicted octanol–water partition coefficient (Wildman–Crippen LogP) is 3.23. The molecule has 3 nitrogen and oxygen atoms in total. The van der Waals surface area contributed by atoms with E-state index in [2.05, 4.69) is 18.0 Å². The van der Waals surface area contributed by atoms with Crippen molar-refractivity contribution in [2.24, 2.45) is 10.7 Å². The molecule has 0 radical (unpaired) electrons. The number of ether oxygens (including phenoxy) is 1. The van der Waals surface area contributed by atoms with E-state index in [9.17, 15) is 0 Å². The molecule has 0 amide bonds. The Morgan fingerprint density at radius 2 is 1.84 bits per heavy atom. The summed E-state index contributed by atoms with van der Waals surface area (Å²) in [6.07, 6.45) is 0. The van der Waals surface area contributed by atoms with E-state index in [4.69, 9.17) is 10.5 Å². The van der Waals surface area contributed by atoms with Crippen LogP contribution in [0.15, 0.2) is 53.5 Å². The Morgan fingerprint density at radius 1 is 1.11 bits per heavy atom. The van der Waals surface area contributed by atoms with Gasteiger partial charge < -0.3 is 10.5 Å². The van der Waals surface area contributed by atoms with E-state index in [0.29, 0.717) is 0 Å². The number of hydrogen-bond donors (Lipinski definition) is 1. The third-order valence-corrected chi connectivity index (χ3v) is 3.53. The minimum absolute atomic E-state index is 0.211. The first kappa shape index (κ1) is 11.8. The number of hydrogen-bond acceptors (Lipinski definition) is 3. The van der Waals surface area contributed by atoms with Crippen LogP contribution in [-0.4, -0.2) is 6.02 Å². The molecule has 96 valence electrons. The van der Waals surface area contributed by atoms with Gasteiger partial charge in [0, 0.05) is 5.56 Å². The fraction of sp³-hybridized carbons (Fsp3) is 0.188. The smallest absolute Gasteiger partial charge is 0.288 e. The van der Waals surface area contributed by atoms with Gasteiger partial charge >= 0.3 is 0 Å². The van der Waals surface area contributed by atoms with Gasteiger partial charge in [-0.25, -0.2) is 0 Å². The molecule has 0 spiro atoms. The number of aryl methyl sites for hydroxylation is 1. The SMILES string of the molecule is Cc1ccc2c(c1)C(C)(c1ccccc1)OC(N)=N2. The van der Waals surface area contributed by atoms with Crippen molar-refractivity contribution < 1.29 is 4.74 Å². The van der Waals surface area contributed by atoms with Crippen molar-refractivity contribution in [1.29, 1.82) is 0 Å². The average Bonchev–Trinajstić information content (AvgIpc) is 2.41. The molecule has 19 heavy (non-hydrogen) atoms. The van der Waals surface area contributed by atoms with Crippen molar-refractivity contribution in [2.75, 3.05) is 0 Å². The number of benzene rings is 2. The summed E-state index contributed by atoms with van der Waals surface area (Å²) >= 11 is 0. The molecule has 3 rings (SSSR count). The molecule has 2 aromatic carbocycles. The van der Waals surface area contributed by atoms with Gasteiger partial charge in [0.2, 0.25) is 0 Å². The molecule has 0 saturated carbocycles. The van der Waals surface area contributed by atoms with Gasteiger partial charge in [-0.15, -0.1) is 0 Å². The van der Waals surface area contributed by atoms with E-state index in [-0.39, 0.29) is 6.02 Å². The van der Waals surface area contributed by atoms with Gasteiger partial charge in [-0.2, -0.15) is 4.99 Å². The third-order valence-electron chi connectivity index (χ3n) is 3.53. The van der Waals surface area contributed by atoms with Crippen molar-refractivity contribution in [3.8, 4) is 0 Å². The Kier molecular flexibility index (Phi) is 2.56. The fourth-order valence-corrected chi connectivity index (χ4v) is 2.51. The van der Waals surface area contributed by atoms with Crippen molar-refractivity contribution in [3.05, 3.63) is 65.2 Å². The molecule has 1 heterocycles. The zero-order chi connectivity index (χ0) is 13.5. The monoisotopic (exact) mass is 252 g/mol. The average molecular weight is 252 g/mol. The van der Waals surface area contributed by atoms with Crippen LogP contribution < -0.4 is 5.73 Å². The van der Waals surface area contributed by atoms with Crippen LogP contribution in [0.1, 0.15) is 23.6 Å². The standard InChI is InChI=1S/C16H16N2O/c1-11-8-9-14-13(10-11)16(2,19-15(17)18-14)12-6-4-3-5-7-12/h3-10H,1-2H3,(H2,17,18). The molecule has 3 heteroatoms. The van der Waals surface area contributed by atoms with E-state index in [1.54, 1.807) is 0 Å². The molecule has 0 aromatic heterocycles. The Hall–Kier alpha value is -2.29. The van der Waals surface area contributed by atoms with Crippen LogP contribution in [0.3, 0.4) is 0 Å². The highest BCUT2D eigenvalue weighted by atomic mass is 16.5. The molecule has 2 N–H and O–H groups in total. The summed E-state index contributed by atoms with van der Waals surface area (Å²) in [7, 11) is 0. The summed E-state index contributed by atoms with van der Waals surface area (Å²) in [6, 6.07) is 16.4. The second-order valence-corrected chi connectivity index (χ2v) is 4.97. The molecule has 1 unspecified atom stereocenters. The van der Waals surface area contributed by atoms with E-state index in [1.165, 1.54) is 5.56 Å². The minimum atomic E-state index is -0.589. The van der Waals surface area contributed by atoms with E-state index >= 15 is 0 Å². The lowest BCUT2D eigenvalue weighted by atomic mass is 9.85. The molecule has 1 aliphatic rings. The van der Waals surface area contributed by atoms with Crippen LogP contribution in [0.2, 0.25) is 0 Å². The highest BCUT2D eigenvalue weighted by Gasteiger charge is 2.37. The highest BCUT2D eigenvalue weighted by Crippen LogP contribution is 2.41. The van der Waals surface area contributed by atoms with Gasteiger partial charge in [-0.05, 0) is 31.5 Å². The summed E-state index contributed by atoms with van der Waals surface area (Å²) in [5.74, 6) is 0. The molecule has 0 aliphatic carbocycles. The van der Waals surface area contributed by atoms with Crippen LogP contribution in [0, 0.1) is 6.92 Å². The zero-order valence-corrected chi connectivity index (χ0v) is 11.1. The van der Waals surface area contributed by atoms with Crippen molar-refractivity contribution in [2.45, 2.75) is 19.4 Å². The Labute approximate surface area is 112 Å². The van der Waals surface area contributed by atoms with Crippen LogP contribution in [0.4, 0.5) is 5.69 Å². The molecular formula is C16H16N2O. The van der Waals surface area contributed by atoms with Crippen LogP contribution in [0.5, 0.6) is 0 Å². The molecule has 1 atom stereocenters. The first-order chi connectivity index (χ1) is 9.09. The first-order valence-electron chi connectivity index (χ1n) is 6.29. The number of amidine groups is 1. The summed E-state index contributed by atoms with van der Waals surface area (Å²) in [5, 5.41) is 0. The maximum Gasteiger partial charge on any atom is 0.288 e. The zero-order valence-electron chi connectivity index (χ0n) is 11.1. The third kappa shape index (κ3) is 1.87.